The van der Waals surface area contributed by atoms with Gasteiger partial charge in [-0.2, -0.15) is 13.2 Å². The zero-order chi connectivity index (χ0) is 20.7. The zero-order valence-electron chi connectivity index (χ0n) is 17.1. The smallest absolute Gasteiger partial charge is 0.416 e. The summed E-state index contributed by atoms with van der Waals surface area (Å²) in [7, 11) is 0. The van der Waals surface area contributed by atoms with Crippen LogP contribution in [0.5, 0.6) is 5.75 Å². The van der Waals surface area contributed by atoms with E-state index in [2.05, 4.69) is 6.92 Å². The largest absolute Gasteiger partial charge is 0.486 e. The lowest BCUT2D eigenvalue weighted by molar-refractivity contribution is -0.137. The van der Waals surface area contributed by atoms with Crippen LogP contribution in [0, 0.1) is 11.8 Å². The number of alkyl halides is 3. The molecule has 1 atom stereocenters. The van der Waals surface area contributed by atoms with Crippen molar-refractivity contribution in [3.8, 4) is 5.75 Å². The molecular formula is C25H31F3O. The van der Waals surface area contributed by atoms with Gasteiger partial charge in [0.15, 0.2) is 0 Å². The van der Waals surface area contributed by atoms with E-state index in [4.69, 9.17) is 4.74 Å². The Kier molecular flexibility index (Phi) is 7.63. The number of rotatable bonds is 8. The molecule has 1 unspecified atom stereocenters. The Balaban J connectivity index is 1.62. The topological polar surface area (TPSA) is 9.23 Å². The summed E-state index contributed by atoms with van der Waals surface area (Å²) in [6, 6.07) is 15.0. The number of benzene rings is 2. The van der Waals surface area contributed by atoms with E-state index < -0.39 is 11.7 Å². The van der Waals surface area contributed by atoms with Crippen LogP contribution in [-0.4, -0.2) is 0 Å². The van der Waals surface area contributed by atoms with Crippen LogP contribution in [-0.2, 0) is 6.18 Å². The molecule has 3 rings (SSSR count). The summed E-state index contributed by atoms with van der Waals surface area (Å²) < 4.78 is 44.6. The van der Waals surface area contributed by atoms with Crippen molar-refractivity contribution < 1.29 is 17.9 Å². The molecule has 0 N–H and O–H groups in total. The number of hydrogen-bond acceptors (Lipinski definition) is 1. The first-order valence-electron chi connectivity index (χ1n) is 10.8. The minimum Gasteiger partial charge on any atom is -0.486 e. The molecule has 2 aromatic carbocycles. The molecule has 0 radical (unpaired) electrons. The van der Waals surface area contributed by atoms with E-state index in [-0.39, 0.29) is 6.10 Å². The third-order valence-corrected chi connectivity index (χ3v) is 6.13. The molecule has 1 nitrogen and oxygen atoms in total. The summed E-state index contributed by atoms with van der Waals surface area (Å²) in [5.41, 5.74) is 0.428. The Morgan fingerprint density at radius 1 is 0.862 bits per heavy atom. The van der Waals surface area contributed by atoms with Crippen molar-refractivity contribution in [3.63, 3.8) is 0 Å². The van der Waals surface area contributed by atoms with Crippen LogP contribution in [0.3, 0.4) is 0 Å². The summed E-state index contributed by atoms with van der Waals surface area (Å²) in [4.78, 5) is 0. The standard InChI is InChI=1S/C25H31F3O/c1-2-6-19-9-11-20(12-10-19)13-18-24(21-7-4-3-5-8-21)29-23-16-14-22(15-17-23)25(26,27)28/h3-5,7-8,14-17,19-20,24H,2,6,9-13,18H2,1H3. The molecule has 0 bridgehead atoms. The number of halogens is 3. The van der Waals surface area contributed by atoms with Crippen LogP contribution >= 0.6 is 0 Å². The third kappa shape index (κ3) is 6.52. The van der Waals surface area contributed by atoms with Gasteiger partial charge in [0.25, 0.3) is 0 Å². The lowest BCUT2D eigenvalue weighted by atomic mass is 9.78. The van der Waals surface area contributed by atoms with Crippen molar-refractivity contribution in [2.45, 2.75) is 70.6 Å². The van der Waals surface area contributed by atoms with Gasteiger partial charge in [-0.15, -0.1) is 0 Å². The van der Waals surface area contributed by atoms with E-state index >= 15 is 0 Å². The average Bonchev–Trinajstić information content (AvgIpc) is 2.73. The molecule has 0 aromatic heterocycles. The zero-order valence-corrected chi connectivity index (χ0v) is 17.1. The molecule has 0 saturated heterocycles. The average molecular weight is 405 g/mol. The molecule has 1 aliphatic rings. The summed E-state index contributed by atoms with van der Waals surface area (Å²) in [6.45, 7) is 2.26. The van der Waals surface area contributed by atoms with Crippen molar-refractivity contribution in [1.82, 2.24) is 0 Å². The predicted molar refractivity (Wildman–Crippen MR) is 111 cm³/mol. The fraction of sp³-hybridized carbons (Fsp3) is 0.520. The Morgan fingerprint density at radius 3 is 2.00 bits per heavy atom. The second-order valence-electron chi connectivity index (χ2n) is 8.29. The summed E-state index contributed by atoms with van der Waals surface area (Å²) in [6.07, 6.45) is 5.35. The number of ether oxygens (including phenoxy) is 1. The monoisotopic (exact) mass is 404 g/mol. The van der Waals surface area contributed by atoms with Crippen LogP contribution in [0.4, 0.5) is 13.2 Å². The fourth-order valence-electron chi connectivity index (χ4n) is 4.45. The van der Waals surface area contributed by atoms with Gasteiger partial charge in [-0.3, -0.25) is 0 Å². The normalized spacial score (nSPS) is 21.0. The SMILES string of the molecule is CCCC1CCC(CCC(Oc2ccc(C(F)(F)F)cc2)c2ccccc2)CC1. The van der Waals surface area contributed by atoms with Gasteiger partial charge < -0.3 is 4.74 Å². The van der Waals surface area contributed by atoms with E-state index in [1.165, 1.54) is 50.7 Å². The van der Waals surface area contributed by atoms with Crippen LogP contribution in [0.25, 0.3) is 0 Å². The van der Waals surface area contributed by atoms with Crippen LogP contribution in [0.2, 0.25) is 0 Å². The Labute approximate surface area is 172 Å². The summed E-state index contributed by atoms with van der Waals surface area (Å²) in [5.74, 6) is 2.11. The maximum atomic E-state index is 12.8. The van der Waals surface area contributed by atoms with E-state index in [1.54, 1.807) is 0 Å². The van der Waals surface area contributed by atoms with Gasteiger partial charge in [0, 0.05) is 0 Å². The molecular weight excluding hydrogens is 373 g/mol. The molecule has 0 heterocycles. The Morgan fingerprint density at radius 2 is 1.45 bits per heavy atom. The molecule has 158 valence electrons. The van der Waals surface area contributed by atoms with Gasteiger partial charge in [0.05, 0.1) is 5.56 Å². The highest BCUT2D eigenvalue weighted by Gasteiger charge is 2.30. The molecule has 29 heavy (non-hydrogen) atoms. The predicted octanol–water partition coefficient (Wildman–Crippen LogP) is 8.21. The minimum atomic E-state index is -4.33. The van der Waals surface area contributed by atoms with Gasteiger partial charge in [0.2, 0.25) is 0 Å². The Hall–Kier alpha value is -1.97. The third-order valence-electron chi connectivity index (χ3n) is 6.13. The van der Waals surface area contributed by atoms with Gasteiger partial charge in [-0.1, -0.05) is 75.8 Å². The van der Waals surface area contributed by atoms with E-state index in [0.717, 1.165) is 42.4 Å². The van der Waals surface area contributed by atoms with Crippen LogP contribution < -0.4 is 4.74 Å². The van der Waals surface area contributed by atoms with Crippen molar-refractivity contribution in [2.24, 2.45) is 11.8 Å². The first-order chi connectivity index (χ1) is 14.0. The summed E-state index contributed by atoms with van der Waals surface area (Å²) in [5, 5.41) is 0. The lowest BCUT2D eigenvalue weighted by Gasteiger charge is -2.29. The molecule has 1 aliphatic carbocycles. The van der Waals surface area contributed by atoms with E-state index in [9.17, 15) is 13.2 Å². The highest BCUT2D eigenvalue weighted by molar-refractivity contribution is 5.30. The van der Waals surface area contributed by atoms with E-state index in [1.807, 2.05) is 30.3 Å². The van der Waals surface area contributed by atoms with Crippen molar-refractivity contribution >= 4 is 0 Å². The molecule has 2 aromatic rings. The number of hydrogen-bond donors (Lipinski definition) is 0. The van der Waals surface area contributed by atoms with Gasteiger partial charge in [-0.25, -0.2) is 0 Å². The van der Waals surface area contributed by atoms with Crippen LogP contribution in [0.1, 0.15) is 75.5 Å². The maximum absolute atomic E-state index is 12.8. The quantitative estimate of drug-likeness (QED) is 0.431. The molecule has 1 saturated carbocycles. The first-order valence-corrected chi connectivity index (χ1v) is 10.8. The molecule has 1 fully saturated rings. The van der Waals surface area contributed by atoms with Gasteiger partial charge >= 0.3 is 6.18 Å². The summed E-state index contributed by atoms with van der Waals surface area (Å²) >= 11 is 0. The Bertz CT molecular complexity index is 716. The minimum absolute atomic E-state index is 0.138. The fourth-order valence-corrected chi connectivity index (χ4v) is 4.45. The van der Waals surface area contributed by atoms with Crippen molar-refractivity contribution in [1.29, 1.82) is 0 Å². The van der Waals surface area contributed by atoms with Gasteiger partial charge in [-0.05, 0) is 54.5 Å². The van der Waals surface area contributed by atoms with Gasteiger partial charge in [0.1, 0.15) is 11.9 Å². The highest BCUT2D eigenvalue weighted by Crippen LogP contribution is 2.37. The second kappa shape index (κ2) is 10.2. The molecule has 0 spiro atoms. The first kappa shape index (κ1) is 21.7. The van der Waals surface area contributed by atoms with Crippen LogP contribution in [0.15, 0.2) is 54.6 Å². The molecule has 4 heteroatoms. The lowest BCUT2D eigenvalue weighted by Crippen LogP contribution is -2.16. The maximum Gasteiger partial charge on any atom is 0.416 e. The molecule has 0 amide bonds. The second-order valence-corrected chi connectivity index (χ2v) is 8.29. The van der Waals surface area contributed by atoms with E-state index in [0.29, 0.717) is 5.75 Å². The molecule has 0 aliphatic heterocycles. The highest BCUT2D eigenvalue weighted by atomic mass is 19.4. The van der Waals surface area contributed by atoms with Crippen molar-refractivity contribution in [2.75, 3.05) is 0 Å². The van der Waals surface area contributed by atoms with Crippen molar-refractivity contribution in [3.05, 3.63) is 65.7 Å².